The summed E-state index contributed by atoms with van der Waals surface area (Å²) in [6.45, 7) is 2.08. The third kappa shape index (κ3) is 3.07. The van der Waals surface area contributed by atoms with Crippen molar-refractivity contribution in [2.24, 2.45) is 0 Å². The highest BCUT2D eigenvalue weighted by Gasteiger charge is 2.04. The van der Waals surface area contributed by atoms with E-state index in [1.54, 1.807) is 6.07 Å². The van der Waals surface area contributed by atoms with Crippen LogP contribution in [0.25, 0.3) is 0 Å². The second kappa shape index (κ2) is 5.16. The molecule has 0 aliphatic heterocycles. The fourth-order valence-corrected chi connectivity index (χ4v) is 1.38. The normalized spacial score (nSPS) is 9.94. The van der Waals surface area contributed by atoms with Gasteiger partial charge in [-0.1, -0.05) is 24.2 Å². The standard InChI is InChI=1S/C12H13N3O2/c1-2-9-3-5-10(6-4-9)14-12(16)15-11-7-8-13-17-11/h3-8H,2H2,1H3,(H2,14,15,16). The average Bonchev–Trinajstić information content (AvgIpc) is 2.82. The van der Waals surface area contributed by atoms with E-state index >= 15 is 0 Å². The minimum Gasteiger partial charge on any atom is -0.338 e. The number of nitrogens with one attached hydrogen (secondary N) is 2. The van der Waals surface area contributed by atoms with Crippen molar-refractivity contribution in [3.63, 3.8) is 0 Å². The maximum Gasteiger partial charge on any atom is 0.326 e. The van der Waals surface area contributed by atoms with Gasteiger partial charge < -0.3 is 9.84 Å². The molecule has 1 heterocycles. The zero-order valence-corrected chi connectivity index (χ0v) is 9.43. The molecule has 0 saturated heterocycles. The lowest BCUT2D eigenvalue weighted by molar-refractivity contribution is 0.261. The van der Waals surface area contributed by atoms with Gasteiger partial charge in [0.1, 0.15) is 0 Å². The molecule has 0 unspecified atom stereocenters. The SMILES string of the molecule is CCc1ccc(NC(=O)Nc2ccno2)cc1. The van der Waals surface area contributed by atoms with E-state index < -0.39 is 0 Å². The fourth-order valence-electron chi connectivity index (χ4n) is 1.38. The number of anilines is 2. The molecule has 2 amide bonds. The van der Waals surface area contributed by atoms with Crippen molar-refractivity contribution in [1.82, 2.24) is 5.16 Å². The van der Waals surface area contributed by atoms with Crippen LogP contribution < -0.4 is 10.6 Å². The van der Waals surface area contributed by atoms with Gasteiger partial charge in [-0.3, -0.25) is 5.32 Å². The Labute approximate surface area is 98.8 Å². The zero-order valence-electron chi connectivity index (χ0n) is 9.43. The predicted octanol–water partition coefficient (Wildman–Crippen LogP) is 2.88. The van der Waals surface area contributed by atoms with Gasteiger partial charge in [0, 0.05) is 11.8 Å². The number of aromatic nitrogens is 1. The smallest absolute Gasteiger partial charge is 0.326 e. The topological polar surface area (TPSA) is 67.2 Å². The van der Waals surface area contributed by atoms with E-state index in [0.717, 1.165) is 12.1 Å². The molecule has 17 heavy (non-hydrogen) atoms. The van der Waals surface area contributed by atoms with Crippen molar-refractivity contribution in [2.45, 2.75) is 13.3 Å². The number of hydrogen-bond donors (Lipinski definition) is 2. The van der Waals surface area contributed by atoms with Gasteiger partial charge >= 0.3 is 6.03 Å². The summed E-state index contributed by atoms with van der Waals surface area (Å²) in [5, 5.41) is 8.70. The largest absolute Gasteiger partial charge is 0.338 e. The molecule has 0 aliphatic rings. The second-order valence-corrected chi connectivity index (χ2v) is 3.51. The van der Waals surface area contributed by atoms with Crippen LogP contribution in [0.4, 0.5) is 16.4 Å². The Morgan fingerprint density at radius 1 is 1.24 bits per heavy atom. The van der Waals surface area contributed by atoms with E-state index in [1.165, 1.54) is 11.8 Å². The lowest BCUT2D eigenvalue weighted by Gasteiger charge is -2.05. The summed E-state index contributed by atoms with van der Waals surface area (Å²) in [7, 11) is 0. The maximum absolute atomic E-state index is 11.5. The van der Waals surface area contributed by atoms with Gasteiger partial charge in [-0.2, -0.15) is 0 Å². The number of benzene rings is 1. The number of carbonyl (C=O) groups is 1. The highest BCUT2D eigenvalue weighted by atomic mass is 16.5. The maximum atomic E-state index is 11.5. The molecule has 5 heteroatoms. The fraction of sp³-hybridized carbons (Fsp3) is 0.167. The third-order valence-corrected chi connectivity index (χ3v) is 2.29. The molecule has 1 aromatic carbocycles. The first kappa shape index (κ1) is 11.2. The van der Waals surface area contributed by atoms with Crippen LogP contribution in [0, 0.1) is 0 Å². The minimum atomic E-state index is -0.356. The van der Waals surface area contributed by atoms with Gasteiger partial charge in [-0.25, -0.2) is 4.79 Å². The lowest BCUT2D eigenvalue weighted by atomic mass is 10.1. The molecule has 0 fully saturated rings. The van der Waals surface area contributed by atoms with Crippen molar-refractivity contribution in [3.05, 3.63) is 42.1 Å². The minimum absolute atomic E-state index is 0.313. The Balaban J connectivity index is 1.93. The summed E-state index contributed by atoms with van der Waals surface area (Å²) in [5.41, 5.74) is 1.96. The molecule has 0 radical (unpaired) electrons. The highest BCUT2D eigenvalue weighted by Crippen LogP contribution is 2.11. The Morgan fingerprint density at radius 2 is 2.00 bits per heavy atom. The number of rotatable bonds is 3. The van der Waals surface area contributed by atoms with E-state index in [1.807, 2.05) is 24.3 Å². The molecule has 88 valence electrons. The molecule has 0 bridgehead atoms. The van der Waals surface area contributed by atoms with Crippen LogP contribution in [0.2, 0.25) is 0 Å². The Kier molecular flexibility index (Phi) is 3.40. The van der Waals surface area contributed by atoms with E-state index in [-0.39, 0.29) is 6.03 Å². The summed E-state index contributed by atoms with van der Waals surface area (Å²) in [6.07, 6.45) is 2.44. The molecule has 1 aromatic heterocycles. The van der Waals surface area contributed by atoms with Crippen LogP contribution in [0.1, 0.15) is 12.5 Å². The van der Waals surface area contributed by atoms with Gasteiger partial charge in [0.05, 0.1) is 6.20 Å². The third-order valence-electron chi connectivity index (χ3n) is 2.29. The molecule has 5 nitrogen and oxygen atoms in total. The van der Waals surface area contributed by atoms with Crippen molar-refractivity contribution in [3.8, 4) is 0 Å². The van der Waals surface area contributed by atoms with Gasteiger partial charge in [-0.05, 0) is 24.1 Å². The van der Waals surface area contributed by atoms with Crippen molar-refractivity contribution >= 4 is 17.6 Å². The summed E-state index contributed by atoms with van der Waals surface area (Å²) < 4.78 is 4.76. The Hall–Kier alpha value is -2.30. The molecule has 2 rings (SSSR count). The van der Waals surface area contributed by atoms with E-state index in [9.17, 15) is 4.79 Å². The van der Waals surface area contributed by atoms with Gasteiger partial charge in [0.15, 0.2) is 0 Å². The molecule has 2 aromatic rings. The van der Waals surface area contributed by atoms with Crippen LogP contribution in [-0.4, -0.2) is 11.2 Å². The summed E-state index contributed by atoms with van der Waals surface area (Å²) in [6, 6.07) is 8.89. The first-order chi connectivity index (χ1) is 8.28. The van der Waals surface area contributed by atoms with Crippen LogP contribution in [0.5, 0.6) is 0 Å². The highest BCUT2D eigenvalue weighted by molar-refractivity contribution is 5.98. The quantitative estimate of drug-likeness (QED) is 0.853. The van der Waals surface area contributed by atoms with E-state index in [0.29, 0.717) is 5.88 Å². The summed E-state index contributed by atoms with van der Waals surface area (Å²) in [4.78, 5) is 11.5. The number of nitrogens with zero attached hydrogens (tertiary/aromatic N) is 1. The lowest BCUT2D eigenvalue weighted by Crippen LogP contribution is -2.18. The molecule has 0 aliphatic carbocycles. The molecule has 0 atom stereocenters. The van der Waals surface area contributed by atoms with E-state index in [4.69, 9.17) is 4.52 Å². The van der Waals surface area contributed by atoms with Crippen molar-refractivity contribution in [1.29, 1.82) is 0 Å². The average molecular weight is 231 g/mol. The second-order valence-electron chi connectivity index (χ2n) is 3.51. The van der Waals surface area contributed by atoms with Gasteiger partial charge in [-0.15, -0.1) is 0 Å². The number of aryl methyl sites for hydroxylation is 1. The molecule has 2 N–H and O–H groups in total. The Morgan fingerprint density at radius 3 is 2.59 bits per heavy atom. The van der Waals surface area contributed by atoms with Crippen LogP contribution in [0.3, 0.4) is 0 Å². The molecular formula is C12H13N3O2. The molecule has 0 saturated carbocycles. The monoisotopic (exact) mass is 231 g/mol. The van der Waals surface area contributed by atoms with Gasteiger partial charge in [0.25, 0.3) is 0 Å². The van der Waals surface area contributed by atoms with Crippen LogP contribution in [-0.2, 0) is 6.42 Å². The van der Waals surface area contributed by atoms with E-state index in [2.05, 4.69) is 22.7 Å². The first-order valence-electron chi connectivity index (χ1n) is 5.35. The molecular weight excluding hydrogens is 218 g/mol. The van der Waals surface area contributed by atoms with Crippen LogP contribution >= 0.6 is 0 Å². The predicted molar refractivity (Wildman–Crippen MR) is 65.0 cm³/mol. The zero-order chi connectivity index (χ0) is 12.1. The number of carbonyl (C=O) groups excluding carboxylic acids is 1. The Bertz CT molecular complexity index is 477. The molecule has 0 spiro atoms. The first-order valence-corrected chi connectivity index (χ1v) is 5.35. The summed E-state index contributed by atoms with van der Waals surface area (Å²) in [5.74, 6) is 0.313. The number of urea groups is 1. The van der Waals surface area contributed by atoms with Gasteiger partial charge in [0.2, 0.25) is 5.88 Å². The van der Waals surface area contributed by atoms with Crippen molar-refractivity contribution in [2.75, 3.05) is 10.6 Å². The summed E-state index contributed by atoms with van der Waals surface area (Å²) >= 11 is 0. The van der Waals surface area contributed by atoms with Crippen molar-refractivity contribution < 1.29 is 9.32 Å². The number of hydrogen-bond acceptors (Lipinski definition) is 3. The number of amides is 2. The van der Waals surface area contributed by atoms with Crippen LogP contribution in [0.15, 0.2) is 41.1 Å².